The molecule has 0 fully saturated rings. The molecule has 0 aliphatic rings. The summed E-state index contributed by atoms with van der Waals surface area (Å²) < 4.78 is 4.98. The van der Waals surface area contributed by atoms with Gasteiger partial charge in [0.05, 0.1) is 5.69 Å². The summed E-state index contributed by atoms with van der Waals surface area (Å²) in [5, 5.41) is 6.43. The fourth-order valence-electron chi connectivity index (χ4n) is 1.05. The van der Waals surface area contributed by atoms with Gasteiger partial charge in [0.25, 0.3) is 0 Å². The van der Waals surface area contributed by atoms with E-state index in [1.807, 2.05) is 13.8 Å². The maximum Gasteiger partial charge on any atom is 0.220 e. The second kappa shape index (κ2) is 4.07. The number of carbonyl (C=O) groups excluding carboxylic acids is 1. The molecule has 1 rings (SSSR count). The summed E-state index contributed by atoms with van der Waals surface area (Å²) in [6.45, 7) is 3.82. The van der Waals surface area contributed by atoms with Crippen LogP contribution in [0.3, 0.4) is 0 Å². The number of aryl methyl sites for hydroxylation is 2. The quantitative estimate of drug-likeness (QED) is 0.757. The van der Waals surface area contributed by atoms with Crippen molar-refractivity contribution in [1.82, 2.24) is 10.5 Å². The Morgan fingerprint density at radius 2 is 2.23 bits per heavy atom. The monoisotopic (exact) mass is 182 g/mol. The highest BCUT2D eigenvalue weighted by Gasteiger charge is 2.09. The number of hydrogen-bond acceptors (Lipinski definition) is 3. The molecule has 0 aliphatic heterocycles. The molecule has 0 atom stereocenters. The highest BCUT2D eigenvalue weighted by molar-refractivity contribution is 5.75. The molecule has 0 spiro atoms. The maximum absolute atomic E-state index is 10.9. The zero-order valence-corrected chi connectivity index (χ0v) is 8.18. The Bertz CT molecular complexity index is 305. The molecule has 0 aromatic carbocycles. The van der Waals surface area contributed by atoms with E-state index in [0.717, 1.165) is 17.0 Å². The number of rotatable bonds is 3. The predicted molar refractivity (Wildman–Crippen MR) is 48.4 cm³/mol. The van der Waals surface area contributed by atoms with E-state index in [0.29, 0.717) is 12.8 Å². The van der Waals surface area contributed by atoms with Crippen LogP contribution in [0.2, 0.25) is 0 Å². The Kier molecular flexibility index (Phi) is 3.06. The number of aromatic nitrogens is 1. The van der Waals surface area contributed by atoms with Gasteiger partial charge in [0.1, 0.15) is 5.76 Å². The zero-order chi connectivity index (χ0) is 9.84. The minimum atomic E-state index is 0.0278. The summed E-state index contributed by atoms with van der Waals surface area (Å²) >= 11 is 0. The molecule has 0 unspecified atom stereocenters. The Hall–Kier alpha value is -1.32. The van der Waals surface area contributed by atoms with Crippen molar-refractivity contribution in [2.45, 2.75) is 26.7 Å². The van der Waals surface area contributed by atoms with E-state index in [4.69, 9.17) is 4.52 Å². The minimum absolute atomic E-state index is 0.0278. The fourth-order valence-corrected chi connectivity index (χ4v) is 1.05. The number of amides is 1. The third kappa shape index (κ3) is 2.31. The lowest BCUT2D eigenvalue weighted by Crippen LogP contribution is -2.18. The molecule has 0 saturated heterocycles. The van der Waals surface area contributed by atoms with Crippen molar-refractivity contribution in [3.8, 4) is 0 Å². The van der Waals surface area contributed by atoms with Gasteiger partial charge in [0, 0.05) is 25.5 Å². The van der Waals surface area contributed by atoms with Crippen LogP contribution in [0, 0.1) is 13.8 Å². The molecule has 0 saturated carbocycles. The molecule has 0 aliphatic carbocycles. The minimum Gasteiger partial charge on any atom is -0.361 e. The van der Waals surface area contributed by atoms with Crippen molar-refractivity contribution < 1.29 is 9.32 Å². The Morgan fingerprint density at radius 1 is 1.54 bits per heavy atom. The number of nitrogens with one attached hydrogen (secondary N) is 1. The fraction of sp³-hybridized carbons (Fsp3) is 0.556. The van der Waals surface area contributed by atoms with Crippen LogP contribution in [-0.2, 0) is 11.2 Å². The number of nitrogens with zero attached hydrogens (tertiary/aromatic N) is 1. The van der Waals surface area contributed by atoms with Gasteiger partial charge in [-0.2, -0.15) is 0 Å². The molecular formula is C9H14N2O2. The van der Waals surface area contributed by atoms with Crippen LogP contribution in [-0.4, -0.2) is 18.1 Å². The van der Waals surface area contributed by atoms with Crippen LogP contribution in [0.5, 0.6) is 0 Å². The third-order valence-corrected chi connectivity index (χ3v) is 2.12. The Balaban J connectivity index is 2.55. The van der Waals surface area contributed by atoms with Gasteiger partial charge in [-0.1, -0.05) is 5.16 Å². The van der Waals surface area contributed by atoms with Crippen LogP contribution >= 0.6 is 0 Å². The molecule has 1 N–H and O–H groups in total. The van der Waals surface area contributed by atoms with Crippen LogP contribution in [0.15, 0.2) is 4.52 Å². The standard InChI is InChI=1S/C9H14N2O2/c1-6-7(2)13-11-8(6)4-5-9(12)10-3/h4-5H2,1-3H3,(H,10,12). The lowest BCUT2D eigenvalue weighted by atomic mass is 10.1. The normalized spacial score (nSPS) is 10.1. The molecule has 1 aromatic heterocycles. The molecular weight excluding hydrogens is 168 g/mol. The first-order chi connectivity index (χ1) is 6.15. The van der Waals surface area contributed by atoms with Crippen LogP contribution < -0.4 is 5.32 Å². The van der Waals surface area contributed by atoms with Gasteiger partial charge in [0.15, 0.2) is 0 Å². The van der Waals surface area contributed by atoms with Gasteiger partial charge in [0.2, 0.25) is 5.91 Å². The van der Waals surface area contributed by atoms with E-state index in [9.17, 15) is 4.79 Å². The van der Waals surface area contributed by atoms with Crippen molar-refractivity contribution in [2.75, 3.05) is 7.05 Å². The SMILES string of the molecule is CNC(=O)CCc1noc(C)c1C. The summed E-state index contributed by atoms with van der Waals surface area (Å²) in [5.74, 6) is 0.854. The molecule has 0 bridgehead atoms. The molecule has 1 heterocycles. The summed E-state index contributed by atoms with van der Waals surface area (Å²) in [5.41, 5.74) is 1.92. The van der Waals surface area contributed by atoms with E-state index >= 15 is 0 Å². The van der Waals surface area contributed by atoms with E-state index in [1.165, 1.54) is 0 Å². The second-order valence-corrected chi connectivity index (χ2v) is 2.98. The van der Waals surface area contributed by atoms with Gasteiger partial charge >= 0.3 is 0 Å². The summed E-state index contributed by atoms with van der Waals surface area (Å²) in [6.07, 6.45) is 1.10. The molecule has 13 heavy (non-hydrogen) atoms. The summed E-state index contributed by atoms with van der Waals surface area (Å²) in [7, 11) is 1.63. The van der Waals surface area contributed by atoms with Gasteiger partial charge in [-0.3, -0.25) is 4.79 Å². The zero-order valence-electron chi connectivity index (χ0n) is 8.18. The van der Waals surface area contributed by atoms with E-state index in [1.54, 1.807) is 7.05 Å². The molecule has 4 heteroatoms. The van der Waals surface area contributed by atoms with E-state index in [-0.39, 0.29) is 5.91 Å². The van der Waals surface area contributed by atoms with E-state index < -0.39 is 0 Å². The van der Waals surface area contributed by atoms with Crippen LogP contribution in [0.4, 0.5) is 0 Å². The van der Waals surface area contributed by atoms with Crippen molar-refractivity contribution in [2.24, 2.45) is 0 Å². The average Bonchev–Trinajstić information content (AvgIpc) is 2.44. The molecule has 72 valence electrons. The highest BCUT2D eigenvalue weighted by Crippen LogP contribution is 2.12. The number of carbonyl (C=O) groups is 1. The average molecular weight is 182 g/mol. The summed E-state index contributed by atoms with van der Waals surface area (Å²) in [4.78, 5) is 10.9. The topological polar surface area (TPSA) is 55.1 Å². The van der Waals surface area contributed by atoms with Gasteiger partial charge in [-0.25, -0.2) is 0 Å². The van der Waals surface area contributed by atoms with Gasteiger partial charge < -0.3 is 9.84 Å². The van der Waals surface area contributed by atoms with Crippen molar-refractivity contribution in [1.29, 1.82) is 0 Å². The highest BCUT2D eigenvalue weighted by atomic mass is 16.5. The van der Waals surface area contributed by atoms with Crippen molar-refractivity contribution in [3.63, 3.8) is 0 Å². The molecule has 0 radical (unpaired) electrons. The molecule has 1 amide bonds. The second-order valence-electron chi connectivity index (χ2n) is 2.98. The lowest BCUT2D eigenvalue weighted by Gasteiger charge is -1.96. The Morgan fingerprint density at radius 3 is 2.69 bits per heavy atom. The molecule has 4 nitrogen and oxygen atoms in total. The molecule has 1 aromatic rings. The van der Waals surface area contributed by atoms with Crippen LogP contribution in [0.25, 0.3) is 0 Å². The predicted octanol–water partition coefficient (Wildman–Crippen LogP) is 0.970. The summed E-state index contributed by atoms with van der Waals surface area (Å²) in [6, 6.07) is 0. The first kappa shape index (κ1) is 9.77. The third-order valence-electron chi connectivity index (χ3n) is 2.12. The lowest BCUT2D eigenvalue weighted by molar-refractivity contribution is -0.120. The van der Waals surface area contributed by atoms with Crippen molar-refractivity contribution >= 4 is 5.91 Å². The maximum atomic E-state index is 10.9. The van der Waals surface area contributed by atoms with E-state index in [2.05, 4.69) is 10.5 Å². The largest absolute Gasteiger partial charge is 0.361 e. The van der Waals surface area contributed by atoms with Gasteiger partial charge in [-0.05, 0) is 13.8 Å². The van der Waals surface area contributed by atoms with Crippen LogP contribution in [0.1, 0.15) is 23.4 Å². The van der Waals surface area contributed by atoms with Gasteiger partial charge in [-0.15, -0.1) is 0 Å². The first-order valence-corrected chi connectivity index (χ1v) is 4.27. The van der Waals surface area contributed by atoms with Crippen molar-refractivity contribution in [3.05, 3.63) is 17.0 Å². The Labute approximate surface area is 77.3 Å². The smallest absolute Gasteiger partial charge is 0.220 e. The number of hydrogen-bond donors (Lipinski definition) is 1. The first-order valence-electron chi connectivity index (χ1n) is 4.27.